The van der Waals surface area contributed by atoms with Gasteiger partial charge in [-0.2, -0.15) is 0 Å². The van der Waals surface area contributed by atoms with Crippen LogP contribution in [0.4, 0.5) is 0 Å². The Kier molecular flexibility index (Phi) is 8.75. The second-order valence-electron chi connectivity index (χ2n) is 15.8. The molecule has 0 fully saturated rings. The minimum absolute atomic E-state index is 0.606. The minimum Gasteiger partial charge on any atom is -0.456 e. The quantitative estimate of drug-likeness (QED) is 0.150. The van der Waals surface area contributed by atoms with Gasteiger partial charge in [0, 0.05) is 54.7 Å². The molecule has 0 saturated carbocycles. The lowest BCUT2D eigenvalue weighted by Crippen LogP contribution is -2.00. The average Bonchev–Trinajstić information content (AvgIpc) is 3.74. The zero-order valence-electron chi connectivity index (χ0n) is 34.0. The highest BCUT2D eigenvalue weighted by molar-refractivity contribution is 6.27. The molecule has 0 bridgehead atoms. The van der Waals surface area contributed by atoms with Crippen LogP contribution < -0.4 is 0 Å². The van der Waals surface area contributed by atoms with Crippen LogP contribution in [0.3, 0.4) is 0 Å². The molecular formula is C58H36N4O. The molecular weight excluding hydrogens is 769 g/mol. The Hall–Kier alpha value is -8.54. The smallest absolute Gasteiger partial charge is 0.164 e. The van der Waals surface area contributed by atoms with Gasteiger partial charge in [0.15, 0.2) is 17.5 Å². The number of pyridine rings is 1. The fourth-order valence-corrected chi connectivity index (χ4v) is 8.91. The molecule has 0 N–H and O–H groups in total. The molecule has 0 amide bonds. The minimum atomic E-state index is 0.606. The summed E-state index contributed by atoms with van der Waals surface area (Å²) >= 11 is 0. The van der Waals surface area contributed by atoms with E-state index in [-0.39, 0.29) is 0 Å². The molecule has 0 aliphatic heterocycles. The fraction of sp³-hybridized carbons (Fsp3) is 0. The second kappa shape index (κ2) is 15.2. The second-order valence-corrected chi connectivity index (χ2v) is 15.8. The molecule has 0 spiro atoms. The summed E-state index contributed by atoms with van der Waals surface area (Å²) in [6.07, 6.45) is 0. The molecule has 0 unspecified atom stereocenters. The number of hydrogen-bond acceptors (Lipinski definition) is 5. The Morgan fingerprint density at radius 2 is 0.746 bits per heavy atom. The Morgan fingerprint density at radius 3 is 1.44 bits per heavy atom. The van der Waals surface area contributed by atoms with Gasteiger partial charge in [0.25, 0.3) is 0 Å². The number of furan rings is 1. The van der Waals surface area contributed by atoms with Crippen LogP contribution in [0.25, 0.3) is 122 Å². The van der Waals surface area contributed by atoms with E-state index in [1.54, 1.807) is 0 Å². The Labute approximate surface area is 363 Å². The third kappa shape index (κ3) is 6.51. The van der Waals surface area contributed by atoms with Gasteiger partial charge in [0.05, 0.1) is 11.2 Å². The monoisotopic (exact) mass is 804 g/mol. The lowest BCUT2D eigenvalue weighted by atomic mass is 9.89. The number of hydrogen-bond donors (Lipinski definition) is 0. The first-order chi connectivity index (χ1) is 31.2. The maximum atomic E-state index is 6.63. The lowest BCUT2D eigenvalue weighted by Gasteiger charge is -2.16. The summed E-state index contributed by atoms with van der Waals surface area (Å²) in [4.78, 5) is 20.6. The van der Waals surface area contributed by atoms with E-state index in [9.17, 15) is 0 Å². The maximum Gasteiger partial charge on any atom is 0.164 e. The summed E-state index contributed by atoms with van der Waals surface area (Å²) in [5.41, 5.74) is 14.0. The van der Waals surface area contributed by atoms with E-state index in [0.29, 0.717) is 17.5 Å². The number of para-hydroxylation sites is 2. The Bertz CT molecular complexity index is 3660. The van der Waals surface area contributed by atoms with Gasteiger partial charge in [-0.1, -0.05) is 188 Å². The van der Waals surface area contributed by atoms with Gasteiger partial charge in [-0.05, 0) is 58.1 Å². The van der Waals surface area contributed by atoms with Crippen LogP contribution in [0.1, 0.15) is 0 Å². The highest BCUT2D eigenvalue weighted by Gasteiger charge is 2.22. The van der Waals surface area contributed by atoms with Gasteiger partial charge < -0.3 is 4.42 Å². The number of nitrogens with zero attached hydrogens (tertiary/aromatic N) is 4. The van der Waals surface area contributed by atoms with Gasteiger partial charge in [-0.25, -0.2) is 19.9 Å². The summed E-state index contributed by atoms with van der Waals surface area (Å²) in [7, 11) is 0. The van der Waals surface area contributed by atoms with Gasteiger partial charge >= 0.3 is 0 Å². The van der Waals surface area contributed by atoms with Crippen LogP contribution in [0.2, 0.25) is 0 Å². The van der Waals surface area contributed by atoms with Gasteiger partial charge in [0.1, 0.15) is 11.2 Å². The van der Waals surface area contributed by atoms with Crippen molar-refractivity contribution in [3.63, 3.8) is 0 Å². The molecule has 0 radical (unpaired) electrons. The van der Waals surface area contributed by atoms with Gasteiger partial charge in [-0.15, -0.1) is 0 Å². The summed E-state index contributed by atoms with van der Waals surface area (Å²) in [5, 5.41) is 5.50. The topological polar surface area (TPSA) is 64.7 Å². The van der Waals surface area contributed by atoms with E-state index < -0.39 is 0 Å². The summed E-state index contributed by atoms with van der Waals surface area (Å²) in [5.74, 6) is 1.85. The summed E-state index contributed by atoms with van der Waals surface area (Å²) in [6, 6.07) is 75.7. The zero-order valence-corrected chi connectivity index (χ0v) is 34.0. The molecule has 12 aromatic rings. The largest absolute Gasteiger partial charge is 0.456 e. The number of aromatic nitrogens is 4. The van der Waals surface area contributed by atoms with Crippen molar-refractivity contribution in [1.82, 2.24) is 19.9 Å². The number of fused-ring (bicyclic) bond motifs is 6. The fourth-order valence-electron chi connectivity index (χ4n) is 8.91. The SMILES string of the molecule is c1ccc(-c2ccc(-c3nc(-c4ccccc4)nc(-c4cccc(-c5cccc(-c6nc7ccccc7c7c(-c8ccccc8)c8c(cc67)oc6ccccc68)c5)c4)n3)cc2)cc1. The van der Waals surface area contributed by atoms with Crippen LogP contribution in [0.5, 0.6) is 0 Å². The predicted octanol–water partition coefficient (Wildman–Crippen LogP) is 15.1. The molecule has 12 rings (SSSR count). The van der Waals surface area contributed by atoms with E-state index in [2.05, 4.69) is 170 Å². The molecule has 5 nitrogen and oxygen atoms in total. The van der Waals surface area contributed by atoms with E-state index in [0.717, 1.165) is 105 Å². The van der Waals surface area contributed by atoms with E-state index in [1.165, 1.54) is 0 Å². The first-order valence-electron chi connectivity index (χ1n) is 21.1. The predicted molar refractivity (Wildman–Crippen MR) is 258 cm³/mol. The van der Waals surface area contributed by atoms with Crippen LogP contribution in [-0.4, -0.2) is 19.9 Å². The standard InChI is InChI=1S/C58H36N4O/c1-4-16-37(17-5-1)38-30-32-41(33-31-38)57-60-56(40-20-8-3-9-21-40)61-58(62-57)45-25-15-23-43(35-45)42-22-14-24-44(34-42)55-48-36-51-54(47-27-11-13-29-50(47)63-51)52(39-18-6-2-7-19-39)53(48)46-26-10-12-28-49(46)59-55/h1-36H. The molecule has 0 aliphatic rings. The van der Waals surface area contributed by atoms with Crippen LogP contribution >= 0.6 is 0 Å². The molecule has 63 heavy (non-hydrogen) atoms. The van der Waals surface area contributed by atoms with Crippen molar-refractivity contribution in [3.8, 4) is 78.8 Å². The number of benzene rings is 9. The van der Waals surface area contributed by atoms with Gasteiger partial charge in [-0.3, -0.25) is 0 Å². The van der Waals surface area contributed by atoms with Crippen molar-refractivity contribution >= 4 is 43.6 Å². The van der Waals surface area contributed by atoms with Crippen molar-refractivity contribution in [2.24, 2.45) is 0 Å². The van der Waals surface area contributed by atoms with Crippen molar-refractivity contribution in [2.45, 2.75) is 0 Å². The highest BCUT2D eigenvalue weighted by Crippen LogP contribution is 2.46. The molecule has 0 saturated heterocycles. The van der Waals surface area contributed by atoms with Gasteiger partial charge in [0.2, 0.25) is 0 Å². The molecule has 294 valence electrons. The number of rotatable bonds is 7. The highest BCUT2D eigenvalue weighted by atomic mass is 16.3. The van der Waals surface area contributed by atoms with Crippen LogP contribution in [0, 0.1) is 0 Å². The van der Waals surface area contributed by atoms with E-state index in [1.807, 2.05) is 48.5 Å². The van der Waals surface area contributed by atoms with Crippen molar-refractivity contribution in [2.75, 3.05) is 0 Å². The first kappa shape index (κ1) is 36.3. The lowest BCUT2D eigenvalue weighted by molar-refractivity contribution is 0.669. The molecule has 5 heteroatoms. The summed E-state index contributed by atoms with van der Waals surface area (Å²) < 4.78 is 6.63. The molecule has 3 aromatic heterocycles. The van der Waals surface area contributed by atoms with Crippen LogP contribution in [-0.2, 0) is 0 Å². The first-order valence-corrected chi connectivity index (χ1v) is 21.1. The Balaban J connectivity index is 1.00. The van der Waals surface area contributed by atoms with Crippen molar-refractivity contribution < 1.29 is 4.42 Å². The molecule has 3 heterocycles. The van der Waals surface area contributed by atoms with Crippen molar-refractivity contribution in [3.05, 3.63) is 218 Å². The maximum absolute atomic E-state index is 6.63. The zero-order chi connectivity index (χ0) is 41.7. The third-order valence-electron chi connectivity index (χ3n) is 11.9. The third-order valence-corrected chi connectivity index (χ3v) is 11.9. The molecule has 0 atom stereocenters. The normalized spacial score (nSPS) is 11.5. The van der Waals surface area contributed by atoms with Crippen LogP contribution in [0.15, 0.2) is 223 Å². The van der Waals surface area contributed by atoms with Crippen molar-refractivity contribution in [1.29, 1.82) is 0 Å². The van der Waals surface area contributed by atoms with E-state index >= 15 is 0 Å². The average molecular weight is 805 g/mol. The van der Waals surface area contributed by atoms with E-state index in [4.69, 9.17) is 24.4 Å². The molecule has 0 aliphatic carbocycles. The summed E-state index contributed by atoms with van der Waals surface area (Å²) in [6.45, 7) is 0. The molecule has 9 aromatic carbocycles. The Morgan fingerprint density at radius 1 is 0.270 bits per heavy atom.